The Morgan fingerprint density at radius 3 is 2.50 bits per heavy atom. The van der Waals surface area contributed by atoms with Crippen LogP contribution in [0.2, 0.25) is 0 Å². The molecule has 0 saturated heterocycles. The molecule has 0 aliphatic heterocycles. The van der Waals surface area contributed by atoms with Crippen molar-refractivity contribution in [2.24, 2.45) is 0 Å². The van der Waals surface area contributed by atoms with E-state index < -0.39 is 10.0 Å². The Morgan fingerprint density at radius 2 is 1.79 bits per heavy atom. The summed E-state index contributed by atoms with van der Waals surface area (Å²) >= 11 is 0. The molecule has 5 nitrogen and oxygen atoms in total. The second kappa shape index (κ2) is 8.61. The fraction of sp³-hybridized carbons (Fsp3) is 0.278. The van der Waals surface area contributed by atoms with Gasteiger partial charge in [-0.15, -0.1) is 0 Å². The van der Waals surface area contributed by atoms with Gasteiger partial charge in [0.15, 0.2) is 0 Å². The van der Waals surface area contributed by atoms with Gasteiger partial charge in [-0.1, -0.05) is 49.7 Å². The minimum Gasteiger partial charge on any atom is -0.348 e. The summed E-state index contributed by atoms with van der Waals surface area (Å²) in [4.78, 5) is 12.3. The molecule has 0 unspecified atom stereocenters. The number of hydrogen-bond donors (Lipinski definition) is 2. The molecule has 0 spiro atoms. The quantitative estimate of drug-likeness (QED) is 0.722. The first-order chi connectivity index (χ1) is 11.5. The summed E-state index contributed by atoms with van der Waals surface area (Å²) < 4.78 is 27.0. The summed E-state index contributed by atoms with van der Waals surface area (Å²) in [5.41, 5.74) is 1.31. The maximum absolute atomic E-state index is 12.2. The Hall–Kier alpha value is -2.18. The molecule has 0 heterocycles. The average molecular weight is 346 g/mol. The molecule has 24 heavy (non-hydrogen) atoms. The van der Waals surface area contributed by atoms with Crippen LogP contribution >= 0.6 is 0 Å². The van der Waals surface area contributed by atoms with Crippen LogP contribution in [-0.4, -0.2) is 20.9 Å². The highest BCUT2D eigenvalue weighted by atomic mass is 32.2. The first-order valence-electron chi connectivity index (χ1n) is 7.95. The van der Waals surface area contributed by atoms with Crippen molar-refractivity contribution in [2.75, 3.05) is 6.54 Å². The summed E-state index contributed by atoms with van der Waals surface area (Å²) in [6.45, 7) is 2.78. The Labute approximate surface area is 143 Å². The molecule has 0 aliphatic rings. The fourth-order valence-electron chi connectivity index (χ4n) is 2.15. The fourth-order valence-corrected chi connectivity index (χ4v) is 3.27. The second-order valence-electron chi connectivity index (χ2n) is 5.45. The molecule has 2 aromatic rings. The zero-order valence-corrected chi connectivity index (χ0v) is 14.5. The Morgan fingerprint density at radius 1 is 1.04 bits per heavy atom. The molecule has 6 heteroatoms. The first-order valence-corrected chi connectivity index (χ1v) is 9.43. The van der Waals surface area contributed by atoms with Crippen LogP contribution in [0.1, 0.15) is 35.7 Å². The van der Waals surface area contributed by atoms with E-state index in [2.05, 4.69) is 10.0 Å². The predicted molar refractivity (Wildman–Crippen MR) is 94.2 cm³/mol. The highest BCUT2D eigenvalue weighted by molar-refractivity contribution is 7.89. The number of benzene rings is 2. The van der Waals surface area contributed by atoms with Crippen molar-refractivity contribution in [1.29, 1.82) is 0 Å². The lowest BCUT2D eigenvalue weighted by molar-refractivity contribution is 0.0950. The van der Waals surface area contributed by atoms with Crippen molar-refractivity contribution in [2.45, 2.75) is 31.2 Å². The summed E-state index contributed by atoms with van der Waals surface area (Å²) in [6.07, 6.45) is 1.68. The third kappa shape index (κ3) is 5.18. The van der Waals surface area contributed by atoms with Gasteiger partial charge in [0.05, 0.1) is 4.90 Å². The largest absolute Gasteiger partial charge is 0.348 e. The van der Waals surface area contributed by atoms with Gasteiger partial charge in [0, 0.05) is 18.7 Å². The van der Waals surface area contributed by atoms with Crippen LogP contribution in [0.15, 0.2) is 59.5 Å². The number of rotatable bonds is 8. The molecule has 0 aromatic heterocycles. The minimum absolute atomic E-state index is 0.103. The van der Waals surface area contributed by atoms with E-state index in [9.17, 15) is 13.2 Å². The zero-order valence-electron chi connectivity index (χ0n) is 13.7. The van der Waals surface area contributed by atoms with Crippen molar-refractivity contribution in [3.8, 4) is 0 Å². The van der Waals surface area contributed by atoms with Crippen LogP contribution in [0.3, 0.4) is 0 Å². The summed E-state index contributed by atoms with van der Waals surface area (Å²) in [5.74, 6) is -0.301. The van der Waals surface area contributed by atoms with E-state index in [0.29, 0.717) is 18.7 Å². The molecule has 2 aromatic carbocycles. The van der Waals surface area contributed by atoms with Crippen LogP contribution in [0.5, 0.6) is 0 Å². The average Bonchev–Trinajstić information content (AvgIpc) is 2.61. The number of amides is 1. The molecule has 0 radical (unpaired) electrons. The van der Waals surface area contributed by atoms with Crippen LogP contribution in [0.25, 0.3) is 0 Å². The van der Waals surface area contributed by atoms with Crippen LogP contribution < -0.4 is 10.0 Å². The van der Waals surface area contributed by atoms with Gasteiger partial charge in [-0.2, -0.15) is 0 Å². The van der Waals surface area contributed by atoms with E-state index in [4.69, 9.17) is 0 Å². The number of nitrogens with one attached hydrogen (secondary N) is 2. The van der Waals surface area contributed by atoms with Gasteiger partial charge in [-0.25, -0.2) is 13.1 Å². The predicted octanol–water partition coefficient (Wildman–Crippen LogP) is 2.70. The molecule has 0 fully saturated rings. The third-order valence-corrected chi connectivity index (χ3v) is 4.98. The summed E-state index contributed by atoms with van der Waals surface area (Å²) in [6, 6.07) is 15.6. The number of hydrogen-bond acceptors (Lipinski definition) is 3. The van der Waals surface area contributed by atoms with Gasteiger partial charge in [0.2, 0.25) is 10.0 Å². The molecule has 2 N–H and O–H groups in total. The lowest BCUT2D eigenvalue weighted by Gasteiger charge is -2.09. The molecule has 2 rings (SSSR count). The Balaban J connectivity index is 2.05. The van der Waals surface area contributed by atoms with Gasteiger partial charge in [-0.3, -0.25) is 4.79 Å². The minimum atomic E-state index is -3.59. The molecule has 0 aliphatic carbocycles. The van der Waals surface area contributed by atoms with E-state index in [1.807, 2.05) is 37.3 Å². The Kier molecular flexibility index (Phi) is 6.52. The van der Waals surface area contributed by atoms with Gasteiger partial charge in [0.1, 0.15) is 0 Å². The van der Waals surface area contributed by atoms with Crippen LogP contribution in [0.4, 0.5) is 0 Å². The van der Waals surface area contributed by atoms with Crippen LogP contribution in [0, 0.1) is 0 Å². The van der Waals surface area contributed by atoms with Crippen molar-refractivity contribution >= 4 is 15.9 Å². The molecule has 0 atom stereocenters. The SMILES string of the molecule is CCCCNS(=O)(=O)c1cccc(C(=O)NCc2ccccc2)c1. The lowest BCUT2D eigenvalue weighted by Crippen LogP contribution is -2.26. The van der Waals surface area contributed by atoms with Crippen LogP contribution in [-0.2, 0) is 16.6 Å². The van der Waals surface area contributed by atoms with E-state index in [1.165, 1.54) is 12.1 Å². The molecule has 1 amide bonds. The number of carbonyl (C=O) groups excluding carboxylic acids is 1. The van der Waals surface area contributed by atoms with E-state index in [0.717, 1.165) is 18.4 Å². The normalized spacial score (nSPS) is 11.2. The van der Waals surface area contributed by atoms with Gasteiger partial charge in [0.25, 0.3) is 5.91 Å². The van der Waals surface area contributed by atoms with Crippen molar-refractivity contribution in [3.05, 3.63) is 65.7 Å². The molecular weight excluding hydrogens is 324 g/mol. The number of unbranched alkanes of at least 4 members (excludes halogenated alkanes) is 1. The second-order valence-corrected chi connectivity index (χ2v) is 7.21. The monoisotopic (exact) mass is 346 g/mol. The highest BCUT2D eigenvalue weighted by Crippen LogP contribution is 2.12. The van der Waals surface area contributed by atoms with E-state index in [1.54, 1.807) is 12.1 Å². The zero-order chi connectivity index (χ0) is 17.4. The van der Waals surface area contributed by atoms with Gasteiger partial charge >= 0.3 is 0 Å². The molecule has 0 saturated carbocycles. The van der Waals surface area contributed by atoms with E-state index in [-0.39, 0.29) is 10.8 Å². The molecule has 128 valence electrons. The third-order valence-electron chi connectivity index (χ3n) is 3.52. The summed E-state index contributed by atoms with van der Waals surface area (Å²) in [5, 5.41) is 2.79. The number of sulfonamides is 1. The molecular formula is C18H22N2O3S. The summed E-state index contributed by atoms with van der Waals surface area (Å²) in [7, 11) is -3.59. The topological polar surface area (TPSA) is 75.3 Å². The smallest absolute Gasteiger partial charge is 0.251 e. The van der Waals surface area contributed by atoms with Gasteiger partial charge < -0.3 is 5.32 Å². The standard InChI is InChI=1S/C18H22N2O3S/c1-2-3-12-20-24(22,23)17-11-7-10-16(13-17)18(21)19-14-15-8-5-4-6-9-15/h4-11,13,20H,2-3,12,14H2,1H3,(H,19,21). The van der Waals surface area contributed by atoms with Crippen molar-refractivity contribution in [1.82, 2.24) is 10.0 Å². The maximum atomic E-state index is 12.2. The Bertz CT molecular complexity index is 774. The van der Waals surface area contributed by atoms with E-state index >= 15 is 0 Å². The first kappa shape index (κ1) is 18.2. The number of carbonyl (C=O) groups is 1. The van der Waals surface area contributed by atoms with Crippen molar-refractivity contribution < 1.29 is 13.2 Å². The molecule has 0 bridgehead atoms. The maximum Gasteiger partial charge on any atom is 0.251 e. The van der Waals surface area contributed by atoms with Crippen molar-refractivity contribution in [3.63, 3.8) is 0 Å². The lowest BCUT2D eigenvalue weighted by atomic mass is 10.2. The highest BCUT2D eigenvalue weighted by Gasteiger charge is 2.15. The van der Waals surface area contributed by atoms with Gasteiger partial charge in [-0.05, 0) is 30.2 Å².